The molecule has 1 aliphatic rings. The Morgan fingerprint density at radius 3 is 2.78 bits per heavy atom. The average Bonchev–Trinajstić information content (AvgIpc) is 3.21. The van der Waals surface area contributed by atoms with Crippen molar-refractivity contribution in [2.75, 3.05) is 30.4 Å². The Morgan fingerprint density at radius 1 is 1.11 bits per heavy atom. The lowest BCUT2D eigenvalue weighted by atomic mass is 10.0. The van der Waals surface area contributed by atoms with Crippen LogP contribution in [-0.2, 0) is 20.0 Å². The van der Waals surface area contributed by atoms with Gasteiger partial charge in [-0.2, -0.15) is 0 Å². The zero-order valence-electron chi connectivity index (χ0n) is 16.3. The van der Waals surface area contributed by atoms with Crippen molar-refractivity contribution in [2.24, 2.45) is 7.05 Å². The first kappa shape index (κ1) is 16.6. The highest BCUT2D eigenvalue weighted by molar-refractivity contribution is 7.22. The average molecular weight is 377 g/mol. The number of rotatable bonds is 2. The second-order valence-corrected chi connectivity index (χ2v) is 8.73. The lowest BCUT2D eigenvalue weighted by Crippen LogP contribution is -2.30. The summed E-state index contributed by atoms with van der Waals surface area (Å²) >= 11 is 1.75. The van der Waals surface area contributed by atoms with Crippen molar-refractivity contribution in [2.45, 2.75) is 19.9 Å². The molecule has 0 spiro atoms. The molecule has 3 heterocycles. The smallest absolute Gasteiger partial charge is 0.185 e. The molecule has 5 rings (SSSR count). The molecule has 2 aromatic carbocycles. The Hall–Kier alpha value is -2.53. The second kappa shape index (κ2) is 5.99. The van der Waals surface area contributed by atoms with Crippen LogP contribution in [0.2, 0.25) is 0 Å². The molecule has 1 aliphatic heterocycles. The van der Waals surface area contributed by atoms with Crippen LogP contribution in [0.15, 0.2) is 36.4 Å². The molecule has 5 heteroatoms. The fourth-order valence-corrected chi connectivity index (χ4v) is 5.07. The summed E-state index contributed by atoms with van der Waals surface area (Å²) in [7, 11) is 6.30. The predicted molar refractivity (Wildman–Crippen MR) is 116 cm³/mol. The van der Waals surface area contributed by atoms with E-state index in [1.54, 1.807) is 11.3 Å². The third-order valence-electron chi connectivity index (χ3n) is 5.67. The van der Waals surface area contributed by atoms with Crippen molar-refractivity contribution in [1.82, 2.24) is 9.55 Å². The van der Waals surface area contributed by atoms with Gasteiger partial charge in [0.2, 0.25) is 0 Å². The molecule has 0 amide bonds. The Kier molecular flexibility index (Phi) is 3.69. The summed E-state index contributed by atoms with van der Waals surface area (Å²) in [6.45, 7) is 4.19. The van der Waals surface area contributed by atoms with E-state index in [9.17, 15) is 0 Å². The standard InChI is InChI=1S/C22H24N4S/c1-14-5-7-19-16(11-14)17-13-26(10-9-20(17)25(19)4)15-6-8-21-18(12-15)23-22(27-21)24(2)3/h5-8,11-12H,9-10,13H2,1-4H3. The quantitative estimate of drug-likeness (QED) is 0.506. The maximum atomic E-state index is 4.79. The van der Waals surface area contributed by atoms with Gasteiger partial charge in [-0.25, -0.2) is 4.98 Å². The number of aromatic nitrogens is 2. The maximum Gasteiger partial charge on any atom is 0.185 e. The van der Waals surface area contributed by atoms with E-state index in [1.807, 2.05) is 14.1 Å². The Labute approximate surface area is 163 Å². The first-order valence-corrected chi connectivity index (χ1v) is 10.2. The number of benzene rings is 2. The van der Waals surface area contributed by atoms with Crippen molar-refractivity contribution in [1.29, 1.82) is 0 Å². The van der Waals surface area contributed by atoms with Crippen LogP contribution in [0.1, 0.15) is 16.8 Å². The van der Waals surface area contributed by atoms with Gasteiger partial charge in [0.15, 0.2) is 5.13 Å². The minimum Gasteiger partial charge on any atom is -0.367 e. The van der Waals surface area contributed by atoms with Crippen molar-refractivity contribution in [3.8, 4) is 0 Å². The number of aryl methyl sites for hydroxylation is 2. The van der Waals surface area contributed by atoms with Crippen LogP contribution in [-0.4, -0.2) is 30.2 Å². The van der Waals surface area contributed by atoms with Crippen LogP contribution in [0, 0.1) is 6.92 Å². The molecule has 0 bridgehead atoms. The zero-order valence-corrected chi connectivity index (χ0v) is 17.1. The Morgan fingerprint density at radius 2 is 1.96 bits per heavy atom. The van der Waals surface area contributed by atoms with Gasteiger partial charge in [0.25, 0.3) is 0 Å². The highest BCUT2D eigenvalue weighted by Gasteiger charge is 2.23. The van der Waals surface area contributed by atoms with E-state index < -0.39 is 0 Å². The van der Waals surface area contributed by atoms with Gasteiger partial charge < -0.3 is 14.4 Å². The topological polar surface area (TPSA) is 24.3 Å². The van der Waals surface area contributed by atoms with Gasteiger partial charge in [-0.05, 0) is 37.3 Å². The van der Waals surface area contributed by atoms with E-state index in [-0.39, 0.29) is 0 Å². The number of anilines is 2. The molecule has 0 aliphatic carbocycles. The molecule has 4 aromatic rings. The molecular formula is C22H24N4S. The van der Waals surface area contributed by atoms with Gasteiger partial charge in [0, 0.05) is 68.5 Å². The number of thiazole rings is 1. The van der Waals surface area contributed by atoms with Gasteiger partial charge in [-0.1, -0.05) is 23.0 Å². The summed E-state index contributed by atoms with van der Waals surface area (Å²) in [4.78, 5) is 9.37. The highest BCUT2D eigenvalue weighted by atomic mass is 32.1. The second-order valence-electron chi connectivity index (χ2n) is 7.72. The summed E-state index contributed by atoms with van der Waals surface area (Å²) in [5.41, 5.74) is 8.01. The van der Waals surface area contributed by atoms with Crippen LogP contribution < -0.4 is 9.80 Å². The first-order chi connectivity index (χ1) is 13.0. The van der Waals surface area contributed by atoms with Crippen molar-refractivity contribution in [3.05, 3.63) is 53.2 Å². The van der Waals surface area contributed by atoms with Crippen molar-refractivity contribution in [3.63, 3.8) is 0 Å². The third kappa shape index (κ3) is 2.60. The van der Waals surface area contributed by atoms with Crippen molar-refractivity contribution < 1.29 is 0 Å². The monoisotopic (exact) mass is 376 g/mol. The lowest BCUT2D eigenvalue weighted by Gasteiger charge is -2.30. The first-order valence-electron chi connectivity index (χ1n) is 9.41. The van der Waals surface area contributed by atoms with Crippen LogP contribution in [0.25, 0.3) is 21.1 Å². The van der Waals surface area contributed by atoms with Crippen LogP contribution in [0.3, 0.4) is 0 Å². The van der Waals surface area contributed by atoms with E-state index in [4.69, 9.17) is 4.98 Å². The molecule has 0 atom stereocenters. The van der Waals surface area contributed by atoms with Gasteiger partial charge in [-0.3, -0.25) is 0 Å². The Balaban J connectivity index is 1.55. The molecule has 0 saturated heterocycles. The van der Waals surface area contributed by atoms with Gasteiger partial charge in [0.1, 0.15) is 0 Å². The summed E-state index contributed by atoms with van der Waals surface area (Å²) in [6, 6.07) is 13.5. The molecular weight excluding hydrogens is 352 g/mol. The molecule has 0 fully saturated rings. The molecule has 0 N–H and O–H groups in total. The molecule has 138 valence electrons. The van der Waals surface area contributed by atoms with E-state index in [0.717, 1.165) is 30.2 Å². The summed E-state index contributed by atoms with van der Waals surface area (Å²) in [5.74, 6) is 0. The van der Waals surface area contributed by atoms with Gasteiger partial charge in [-0.15, -0.1) is 0 Å². The maximum absolute atomic E-state index is 4.79. The van der Waals surface area contributed by atoms with Crippen LogP contribution >= 0.6 is 11.3 Å². The zero-order chi connectivity index (χ0) is 18.7. The summed E-state index contributed by atoms with van der Waals surface area (Å²) in [5, 5.41) is 2.47. The molecule has 2 aromatic heterocycles. The van der Waals surface area contributed by atoms with Crippen LogP contribution in [0.5, 0.6) is 0 Å². The minimum absolute atomic E-state index is 0.965. The molecule has 0 saturated carbocycles. The SMILES string of the molecule is Cc1ccc2c(c1)c1c(n2C)CCN(c2ccc3sc(N(C)C)nc3c2)C1. The predicted octanol–water partition coefficient (Wildman–Crippen LogP) is 4.73. The number of hydrogen-bond donors (Lipinski definition) is 0. The summed E-state index contributed by atoms with van der Waals surface area (Å²) in [6.07, 6.45) is 1.08. The minimum atomic E-state index is 0.965. The van der Waals surface area contributed by atoms with E-state index in [2.05, 4.69) is 64.7 Å². The van der Waals surface area contributed by atoms with E-state index >= 15 is 0 Å². The van der Waals surface area contributed by atoms with E-state index in [1.165, 1.54) is 38.1 Å². The summed E-state index contributed by atoms with van der Waals surface area (Å²) < 4.78 is 3.63. The van der Waals surface area contributed by atoms with Gasteiger partial charge >= 0.3 is 0 Å². The highest BCUT2D eigenvalue weighted by Crippen LogP contribution is 2.35. The number of hydrogen-bond acceptors (Lipinski definition) is 4. The van der Waals surface area contributed by atoms with Crippen molar-refractivity contribution >= 4 is 43.3 Å². The lowest BCUT2D eigenvalue weighted by molar-refractivity contribution is 0.694. The molecule has 27 heavy (non-hydrogen) atoms. The van der Waals surface area contributed by atoms with Crippen LogP contribution in [0.4, 0.5) is 10.8 Å². The Bertz CT molecular complexity index is 1170. The number of nitrogens with zero attached hydrogens (tertiary/aromatic N) is 4. The van der Waals surface area contributed by atoms with Gasteiger partial charge in [0.05, 0.1) is 10.2 Å². The molecule has 0 radical (unpaired) electrons. The number of fused-ring (bicyclic) bond motifs is 4. The molecule has 4 nitrogen and oxygen atoms in total. The fourth-order valence-electron chi connectivity index (χ4n) is 4.21. The largest absolute Gasteiger partial charge is 0.367 e. The normalized spacial score (nSPS) is 14.1. The third-order valence-corrected chi connectivity index (χ3v) is 6.87. The van der Waals surface area contributed by atoms with E-state index in [0.29, 0.717) is 0 Å². The molecule has 0 unspecified atom stereocenters. The fraction of sp³-hybridized carbons (Fsp3) is 0.318.